The fourth-order valence-electron chi connectivity index (χ4n) is 3.98. The number of amides is 1. The number of carboxylic acid groups (broad SMARTS) is 1. The molecule has 1 aromatic carbocycles. The molecule has 0 aromatic heterocycles. The predicted octanol–water partition coefficient (Wildman–Crippen LogP) is 2.94. The van der Waals surface area contributed by atoms with E-state index in [0.29, 0.717) is 32.0 Å². The summed E-state index contributed by atoms with van der Waals surface area (Å²) < 4.78 is 5.81. The molecule has 1 aliphatic heterocycles. The maximum atomic E-state index is 12.7. The number of nitrogens with zero attached hydrogens (tertiary/aromatic N) is 1. The van der Waals surface area contributed by atoms with E-state index in [0.717, 1.165) is 37.9 Å². The quantitative estimate of drug-likeness (QED) is 0.861. The SMILES string of the molecule is O=C(O)[C@@H]1CCC[C@@H](C(=O)N2CC[C@@H](COCc3ccccc3)C2)C1. The number of ether oxygens (including phenoxy) is 1. The number of aliphatic carboxylic acids is 1. The van der Waals surface area contributed by atoms with E-state index >= 15 is 0 Å². The normalized spacial score (nSPS) is 26.6. The maximum absolute atomic E-state index is 12.7. The van der Waals surface area contributed by atoms with Crippen LogP contribution in [0.3, 0.4) is 0 Å². The monoisotopic (exact) mass is 345 g/mol. The molecule has 2 fully saturated rings. The van der Waals surface area contributed by atoms with Gasteiger partial charge in [-0.1, -0.05) is 36.8 Å². The van der Waals surface area contributed by atoms with Crippen LogP contribution in [0.25, 0.3) is 0 Å². The topological polar surface area (TPSA) is 66.8 Å². The van der Waals surface area contributed by atoms with Crippen LogP contribution in [-0.4, -0.2) is 41.6 Å². The van der Waals surface area contributed by atoms with Crippen LogP contribution in [0.4, 0.5) is 0 Å². The van der Waals surface area contributed by atoms with Crippen LogP contribution in [0.2, 0.25) is 0 Å². The minimum Gasteiger partial charge on any atom is -0.481 e. The Morgan fingerprint density at radius 2 is 1.88 bits per heavy atom. The summed E-state index contributed by atoms with van der Waals surface area (Å²) in [7, 11) is 0. The lowest BCUT2D eigenvalue weighted by Gasteiger charge is -2.29. The van der Waals surface area contributed by atoms with Gasteiger partial charge in [0.15, 0.2) is 0 Å². The Bertz CT molecular complexity index is 589. The van der Waals surface area contributed by atoms with Crippen molar-refractivity contribution in [1.82, 2.24) is 4.90 Å². The summed E-state index contributed by atoms with van der Waals surface area (Å²) in [6.45, 7) is 2.78. The van der Waals surface area contributed by atoms with Crippen molar-refractivity contribution in [3.8, 4) is 0 Å². The molecule has 2 aliphatic rings. The van der Waals surface area contributed by atoms with Gasteiger partial charge in [0.1, 0.15) is 0 Å². The van der Waals surface area contributed by atoms with E-state index in [1.54, 1.807) is 0 Å². The van der Waals surface area contributed by atoms with Crippen molar-refractivity contribution in [3.05, 3.63) is 35.9 Å². The molecule has 3 atom stereocenters. The minimum absolute atomic E-state index is 0.112. The number of rotatable bonds is 6. The number of carboxylic acids is 1. The van der Waals surface area contributed by atoms with Crippen molar-refractivity contribution in [3.63, 3.8) is 0 Å². The highest BCUT2D eigenvalue weighted by Gasteiger charge is 2.35. The number of likely N-dealkylation sites (tertiary alicyclic amines) is 1. The van der Waals surface area contributed by atoms with Crippen LogP contribution in [0, 0.1) is 17.8 Å². The first-order valence-electron chi connectivity index (χ1n) is 9.26. The van der Waals surface area contributed by atoms with Crippen LogP contribution in [0.5, 0.6) is 0 Å². The highest BCUT2D eigenvalue weighted by Crippen LogP contribution is 2.32. The molecule has 3 rings (SSSR count). The van der Waals surface area contributed by atoms with Crippen LogP contribution in [0.15, 0.2) is 30.3 Å². The third-order valence-electron chi connectivity index (χ3n) is 5.44. The van der Waals surface area contributed by atoms with Gasteiger partial charge in [-0.25, -0.2) is 0 Å². The van der Waals surface area contributed by atoms with Gasteiger partial charge in [0.25, 0.3) is 0 Å². The zero-order valence-corrected chi connectivity index (χ0v) is 14.6. The third kappa shape index (κ3) is 4.82. The number of hydrogen-bond donors (Lipinski definition) is 1. The standard InChI is InChI=1S/C20H27NO4/c22-19(17-7-4-8-18(11-17)20(23)24)21-10-9-16(12-21)14-25-13-15-5-2-1-3-6-15/h1-3,5-6,16-18H,4,7-14H2,(H,23,24)/t16-,17-,18-/m1/s1. The Morgan fingerprint density at radius 1 is 1.12 bits per heavy atom. The van der Waals surface area contributed by atoms with E-state index in [1.807, 2.05) is 35.2 Å². The molecule has 1 heterocycles. The molecule has 1 aliphatic carbocycles. The van der Waals surface area contributed by atoms with Gasteiger partial charge in [-0.2, -0.15) is 0 Å². The van der Waals surface area contributed by atoms with Crippen LogP contribution in [0.1, 0.15) is 37.7 Å². The summed E-state index contributed by atoms with van der Waals surface area (Å²) in [5.74, 6) is -0.691. The number of carbonyl (C=O) groups excluding carboxylic acids is 1. The molecule has 0 spiro atoms. The largest absolute Gasteiger partial charge is 0.481 e. The Kier molecular flexibility index (Phi) is 6.08. The van der Waals surface area contributed by atoms with E-state index in [9.17, 15) is 14.7 Å². The fourth-order valence-corrected chi connectivity index (χ4v) is 3.98. The lowest BCUT2D eigenvalue weighted by Crippen LogP contribution is -2.38. The maximum Gasteiger partial charge on any atom is 0.306 e. The van der Waals surface area contributed by atoms with Crippen molar-refractivity contribution in [1.29, 1.82) is 0 Å². The highest BCUT2D eigenvalue weighted by molar-refractivity contribution is 5.80. The van der Waals surface area contributed by atoms with Gasteiger partial charge in [-0.3, -0.25) is 9.59 Å². The Morgan fingerprint density at radius 3 is 2.64 bits per heavy atom. The molecule has 136 valence electrons. The second-order valence-electron chi connectivity index (χ2n) is 7.34. The summed E-state index contributed by atoms with van der Waals surface area (Å²) in [4.78, 5) is 25.8. The van der Waals surface area contributed by atoms with Crippen LogP contribution >= 0.6 is 0 Å². The fraction of sp³-hybridized carbons (Fsp3) is 0.600. The average molecular weight is 345 g/mol. The van der Waals surface area contributed by atoms with Crippen molar-refractivity contribution in [2.75, 3.05) is 19.7 Å². The van der Waals surface area contributed by atoms with Crippen LogP contribution < -0.4 is 0 Å². The van der Waals surface area contributed by atoms with Crippen molar-refractivity contribution >= 4 is 11.9 Å². The first-order chi connectivity index (χ1) is 12.1. The van der Waals surface area contributed by atoms with Crippen molar-refractivity contribution in [2.24, 2.45) is 17.8 Å². The van der Waals surface area contributed by atoms with Gasteiger partial charge >= 0.3 is 5.97 Å². The van der Waals surface area contributed by atoms with E-state index in [-0.39, 0.29) is 17.7 Å². The molecule has 0 radical (unpaired) electrons. The molecule has 5 heteroatoms. The average Bonchev–Trinajstić information content (AvgIpc) is 3.11. The number of carbonyl (C=O) groups is 2. The van der Waals surface area contributed by atoms with Crippen LogP contribution in [-0.2, 0) is 20.9 Å². The molecule has 1 saturated heterocycles. The van der Waals surface area contributed by atoms with Gasteiger partial charge in [0.2, 0.25) is 5.91 Å². The molecule has 25 heavy (non-hydrogen) atoms. The third-order valence-corrected chi connectivity index (χ3v) is 5.44. The molecular weight excluding hydrogens is 318 g/mol. The Labute approximate surface area is 149 Å². The van der Waals surface area contributed by atoms with E-state index in [4.69, 9.17) is 4.74 Å². The van der Waals surface area contributed by atoms with Crippen molar-refractivity contribution in [2.45, 2.75) is 38.7 Å². The summed E-state index contributed by atoms with van der Waals surface area (Å²) in [6.07, 6.45) is 3.84. The summed E-state index contributed by atoms with van der Waals surface area (Å²) in [6, 6.07) is 10.1. The summed E-state index contributed by atoms with van der Waals surface area (Å²) in [5.41, 5.74) is 1.16. The van der Waals surface area contributed by atoms with E-state index in [2.05, 4.69) is 0 Å². The molecule has 1 aromatic rings. The molecule has 1 N–H and O–H groups in total. The van der Waals surface area contributed by atoms with Gasteiger partial charge in [-0.15, -0.1) is 0 Å². The first kappa shape index (κ1) is 17.9. The molecule has 0 unspecified atom stereocenters. The van der Waals surface area contributed by atoms with Gasteiger partial charge < -0.3 is 14.7 Å². The second-order valence-corrected chi connectivity index (χ2v) is 7.34. The van der Waals surface area contributed by atoms with Gasteiger partial charge in [0.05, 0.1) is 19.1 Å². The summed E-state index contributed by atoms with van der Waals surface area (Å²) >= 11 is 0. The number of hydrogen-bond acceptors (Lipinski definition) is 3. The first-order valence-corrected chi connectivity index (χ1v) is 9.26. The minimum atomic E-state index is -0.758. The summed E-state index contributed by atoms with van der Waals surface area (Å²) in [5, 5.41) is 9.19. The predicted molar refractivity (Wildman–Crippen MR) is 93.9 cm³/mol. The zero-order chi connectivity index (χ0) is 17.6. The van der Waals surface area contributed by atoms with E-state index < -0.39 is 5.97 Å². The lowest BCUT2D eigenvalue weighted by atomic mass is 9.81. The Hall–Kier alpha value is -1.88. The smallest absolute Gasteiger partial charge is 0.306 e. The highest BCUT2D eigenvalue weighted by atomic mass is 16.5. The molecule has 5 nitrogen and oxygen atoms in total. The molecule has 0 bridgehead atoms. The zero-order valence-electron chi connectivity index (χ0n) is 14.6. The number of benzene rings is 1. The van der Waals surface area contributed by atoms with E-state index in [1.165, 1.54) is 0 Å². The van der Waals surface area contributed by atoms with Gasteiger partial charge in [-0.05, 0) is 31.2 Å². The lowest BCUT2D eigenvalue weighted by molar-refractivity contribution is -0.145. The molecule has 1 saturated carbocycles. The second kappa shape index (κ2) is 8.48. The Balaban J connectivity index is 1.42. The van der Waals surface area contributed by atoms with Crippen molar-refractivity contribution < 1.29 is 19.4 Å². The van der Waals surface area contributed by atoms with Gasteiger partial charge in [0, 0.05) is 24.9 Å². The molecular formula is C20H27NO4. The molecule has 1 amide bonds.